The summed E-state index contributed by atoms with van der Waals surface area (Å²) in [4.78, 5) is 50.0. The number of ether oxygens (including phenoxy) is 5. The molecule has 1 saturated heterocycles. The summed E-state index contributed by atoms with van der Waals surface area (Å²) in [5.74, 6) is -5.36. The fourth-order valence-corrected chi connectivity index (χ4v) is 3.49. The second-order valence-corrected chi connectivity index (χ2v) is 7.94. The maximum atomic E-state index is 13.0. The smallest absolute Gasteiger partial charge is 0.345 e. The zero-order valence-electron chi connectivity index (χ0n) is 19.6. The number of carbonyl (C=O) groups excluding carboxylic acids is 4. The number of aliphatic hydroxyl groups is 1. The predicted octanol–water partition coefficient (Wildman–Crippen LogP) is 1.61. The van der Waals surface area contributed by atoms with Gasteiger partial charge in [0.05, 0.1) is 26.9 Å². The van der Waals surface area contributed by atoms with Gasteiger partial charge in [0.2, 0.25) is 5.60 Å². The molecule has 1 fully saturated rings. The lowest BCUT2D eigenvalue weighted by molar-refractivity contribution is -0.187. The van der Waals surface area contributed by atoms with E-state index in [1.165, 1.54) is 13.8 Å². The Labute approximate surface area is 188 Å². The Bertz CT molecular complexity index is 726. The number of methoxy groups -OCH3 is 3. The first-order valence-electron chi connectivity index (χ1n) is 10.6. The molecule has 1 N–H and O–H groups in total. The highest BCUT2D eigenvalue weighted by Gasteiger charge is 2.62. The number of hydrogen-bond donors (Lipinski definition) is 1. The Hall–Kier alpha value is -2.30. The monoisotopic (exact) mass is 458 g/mol. The third kappa shape index (κ3) is 6.60. The Morgan fingerprint density at radius 2 is 1.59 bits per heavy atom. The normalized spacial score (nSPS) is 22.0. The van der Waals surface area contributed by atoms with Gasteiger partial charge in [-0.05, 0) is 20.3 Å². The van der Waals surface area contributed by atoms with Crippen LogP contribution in [0.3, 0.4) is 0 Å². The molecule has 3 atom stereocenters. The highest BCUT2D eigenvalue weighted by Crippen LogP contribution is 2.39. The van der Waals surface area contributed by atoms with Crippen molar-refractivity contribution in [1.29, 1.82) is 0 Å². The third-order valence-electron chi connectivity index (χ3n) is 5.13. The Balaban J connectivity index is 3.40. The lowest BCUT2D eigenvalue weighted by atomic mass is 9.82. The quantitative estimate of drug-likeness (QED) is 0.199. The van der Waals surface area contributed by atoms with E-state index in [0.29, 0.717) is 12.5 Å². The third-order valence-corrected chi connectivity index (χ3v) is 5.13. The molecule has 182 valence electrons. The minimum absolute atomic E-state index is 0.121. The van der Waals surface area contributed by atoms with Gasteiger partial charge in [-0.15, -0.1) is 0 Å². The van der Waals surface area contributed by atoms with Crippen LogP contribution in [0, 0.1) is 0 Å². The number of rotatable bonds is 12. The molecule has 0 aliphatic carbocycles. The molecule has 0 aromatic rings. The van der Waals surface area contributed by atoms with E-state index < -0.39 is 52.9 Å². The summed E-state index contributed by atoms with van der Waals surface area (Å²) in [6, 6.07) is 0. The van der Waals surface area contributed by atoms with E-state index >= 15 is 0 Å². The molecule has 32 heavy (non-hydrogen) atoms. The molecule has 0 spiro atoms. The number of ketones is 1. The largest absolute Gasteiger partial charge is 0.467 e. The van der Waals surface area contributed by atoms with Crippen LogP contribution in [0.25, 0.3) is 0 Å². The summed E-state index contributed by atoms with van der Waals surface area (Å²) in [7, 11) is 3.03. The van der Waals surface area contributed by atoms with Crippen LogP contribution in [0.5, 0.6) is 0 Å². The number of carbonyl (C=O) groups is 4. The minimum atomic E-state index is -2.88. The van der Waals surface area contributed by atoms with Gasteiger partial charge in [0.1, 0.15) is 12.2 Å². The molecule has 10 heteroatoms. The Kier molecular flexibility index (Phi) is 10.5. The van der Waals surface area contributed by atoms with Crippen LogP contribution in [0.2, 0.25) is 0 Å². The van der Waals surface area contributed by atoms with Crippen molar-refractivity contribution in [2.75, 3.05) is 21.3 Å². The first kappa shape index (κ1) is 27.7. The second kappa shape index (κ2) is 12.1. The van der Waals surface area contributed by atoms with Crippen LogP contribution >= 0.6 is 0 Å². The summed E-state index contributed by atoms with van der Waals surface area (Å²) >= 11 is 0. The maximum Gasteiger partial charge on any atom is 0.345 e. The minimum Gasteiger partial charge on any atom is -0.467 e. The van der Waals surface area contributed by atoms with Gasteiger partial charge in [-0.1, -0.05) is 32.6 Å². The maximum absolute atomic E-state index is 13.0. The van der Waals surface area contributed by atoms with E-state index in [1.54, 1.807) is 0 Å². The summed E-state index contributed by atoms with van der Waals surface area (Å²) < 4.78 is 25.3. The summed E-state index contributed by atoms with van der Waals surface area (Å²) in [6.07, 6.45) is 2.15. The van der Waals surface area contributed by atoms with Crippen molar-refractivity contribution in [3.63, 3.8) is 0 Å². The SMILES string of the molecule is CCCCCCCC(=O)C1OC(C)(C)OC1C(O)(C(=O)OC)C(=CC(=O)OC)C(=O)OC. The average molecular weight is 459 g/mol. The molecule has 1 rings (SSSR count). The van der Waals surface area contributed by atoms with Gasteiger partial charge < -0.3 is 28.8 Å². The van der Waals surface area contributed by atoms with Gasteiger partial charge in [-0.2, -0.15) is 0 Å². The number of Topliss-reactive ketones (excluding diaryl/α,β-unsaturated/α-hetero) is 1. The van der Waals surface area contributed by atoms with E-state index in [4.69, 9.17) is 14.2 Å². The van der Waals surface area contributed by atoms with Gasteiger partial charge in [0.25, 0.3) is 0 Å². The van der Waals surface area contributed by atoms with Crippen molar-refractivity contribution >= 4 is 23.7 Å². The molecule has 1 aliphatic rings. The molecule has 1 aliphatic heterocycles. The molecule has 0 aromatic carbocycles. The van der Waals surface area contributed by atoms with E-state index in [-0.39, 0.29) is 6.42 Å². The van der Waals surface area contributed by atoms with Gasteiger partial charge >= 0.3 is 17.9 Å². The molecule has 0 bridgehead atoms. The molecule has 1 heterocycles. The van der Waals surface area contributed by atoms with Crippen molar-refractivity contribution in [1.82, 2.24) is 0 Å². The van der Waals surface area contributed by atoms with Crippen LogP contribution in [-0.2, 0) is 42.9 Å². The van der Waals surface area contributed by atoms with Crippen LogP contribution in [0.15, 0.2) is 11.6 Å². The zero-order valence-corrected chi connectivity index (χ0v) is 19.6. The van der Waals surface area contributed by atoms with E-state index in [2.05, 4.69) is 16.4 Å². The van der Waals surface area contributed by atoms with Gasteiger partial charge in [0, 0.05) is 12.5 Å². The molecule has 0 amide bonds. The van der Waals surface area contributed by atoms with Crippen LogP contribution in [0.4, 0.5) is 0 Å². The Morgan fingerprint density at radius 1 is 0.969 bits per heavy atom. The Morgan fingerprint density at radius 3 is 2.12 bits per heavy atom. The highest BCUT2D eigenvalue weighted by molar-refractivity contribution is 6.05. The van der Waals surface area contributed by atoms with Crippen molar-refractivity contribution in [3.05, 3.63) is 11.6 Å². The zero-order chi connectivity index (χ0) is 24.5. The van der Waals surface area contributed by atoms with Crippen molar-refractivity contribution in [2.45, 2.75) is 82.9 Å². The summed E-state index contributed by atoms with van der Waals surface area (Å²) in [6.45, 7) is 5.07. The molecule has 0 aromatic heterocycles. The molecule has 0 saturated carbocycles. The van der Waals surface area contributed by atoms with E-state index in [9.17, 15) is 24.3 Å². The van der Waals surface area contributed by atoms with Crippen molar-refractivity contribution in [3.8, 4) is 0 Å². The van der Waals surface area contributed by atoms with Gasteiger partial charge in [-0.3, -0.25) is 4.79 Å². The van der Waals surface area contributed by atoms with Crippen molar-refractivity contribution in [2.24, 2.45) is 0 Å². The molecule has 0 radical (unpaired) electrons. The van der Waals surface area contributed by atoms with Gasteiger partial charge in [0.15, 0.2) is 11.6 Å². The lowest BCUT2D eigenvalue weighted by Crippen LogP contribution is -2.59. The fourth-order valence-electron chi connectivity index (χ4n) is 3.49. The van der Waals surface area contributed by atoms with Crippen LogP contribution < -0.4 is 0 Å². The summed E-state index contributed by atoms with van der Waals surface area (Å²) in [5.41, 5.74) is -3.68. The fraction of sp³-hybridized carbons (Fsp3) is 0.727. The van der Waals surface area contributed by atoms with Crippen LogP contribution in [-0.4, -0.2) is 73.7 Å². The molecular formula is C22H34O10. The van der Waals surface area contributed by atoms with Crippen LogP contribution in [0.1, 0.15) is 59.3 Å². The second-order valence-electron chi connectivity index (χ2n) is 7.94. The molecule has 3 unspecified atom stereocenters. The first-order valence-corrected chi connectivity index (χ1v) is 10.6. The highest BCUT2D eigenvalue weighted by atomic mass is 16.8. The lowest BCUT2D eigenvalue weighted by Gasteiger charge is -2.33. The number of esters is 3. The standard InChI is InChI=1S/C22H34O10/c1-7-8-9-10-11-12-15(23)17-18(32-21(2,3)31-17)22(27,20(26)30-6)14(19(25)29-5)13-16(24)28-4/h13,17-18,27H,7-12H2,1-6H3. The average Bonchev–Trinajstić information content (AvgIpc) is 3.11. The number of unbranched alkanes of at least 4 members (excludes halogenated alkanes) is 4. The predicted molar refractivity (Wildman–Crippen MR) is 111 cm³/mol. The van der Waals surface area contributed by atoms with E-state index in [1.807, 2.05) is 0 Å². The van der Waals surface area contributed by atoms with E-state index in [0.717, 1.165) is 47.0 Å². The summed E-state index contributed by atoms with van der Waals surface area (Å²) in [5, 5.41) is 11.5. The van der Waals surface area contributed by atoms with Gasteiger partial charge in [-0.25, -0.2) is 14.4 Å². The molecule has 10 nitrogen and oxygen atoms in total. The number of hydrogen-bond acceptors (Lipinski definition) is 10. The first-order chi connectivity index (χ1) is 15.0. The topological polar surface area (TPSA) is 135 Å². The molecular weight excluding hydrogens is 424 g/mol. The van der Waals surface area contributed by atoms with Crippen molar-refractivity contribution < 1.29 is 48.0 Å².